The standard InChI is InChI=1S/C16H24BrFN2.2ClH/c1-12(2)3-6-16(20-9-7-19-8-10-20)13-4-5-15(18)14(17)11-13;;/h4-5,11-12,16,19H,3,6-10H2,1-2H3;2*1H/t16-;;/m1../s1. The Bertz CT molecular complexity index is 440. The highest BCUT2D eigenvalue weighted by Crippen LogP contribution is 2.30. The van der Waals surface area contributed by atoms with Crippen LogP contribution in [-0.2, 0) is 0 Å². The summed E-state index contributed by atoms with van der Waals surface area (Å²) < 4.78 is 14.0. The van der Waals surface area contributed by atoms with Crippen LogP contribution in [0.5, 0.6) is 0 Å². The Morgan fingerprint density at radius 1 is 1.18 bits per heavy atom. The minimum absolute atomic E-state index is 0. The van der Waals surface area contributed by atoms with Crippen molar-refractivity contribution in [3.05, 3.63) is 34.1 Å². The van der Waals surface area contributed by atoms with Crippen molar-refractivity contribution >= 4 is 40.7 Å². The van der Waals surface area contributed by atoms with Gasteiger partial charge in [0, 0.05) is 32.2 Å². The van der Waals surface area contributed by atoms with E-state index in [9.17, 15) is 4.39 Å². The van der Waals surface area contributed by atoms with Crippen LogP contribution in [0.3, 0.4) is 0 Å². The molecule has 0 spiro atoms. The molecule has 2 rings (SSSR count). The first kappa shape index (κ1) is 22.1. The zero-order valence-electron chi connectivity index (χ0n) is 13.1. The van der Waals surface area contributed by atoms with Crippen molar-refractivity contribution in [3.63, 3.8) is 0 Å². The number of benzene rings is 1. The van der Waals surface area contributed by atoms with Crippen LogP contribution >= 0.6 is 40.7 Å². The van der Waals surface area contributed by atoms with Gasteiger partial charge in [0.1, 0.15) is 5.82 Å². The molecule has 1 aliphatic heterocycles. The first-order valence-electron chi connectivity index (χ1n) is 7.47. The van der Waals surface area contributed by atoms with Crippen LogP contribution in [0.4, 0.5) is 4.39 Å². The van der Waals surface area contributed by atoms with Gasteiger partial charge < -0.3 is 5.32 Å². The number of piperazine rings is 1. The molecular weight excluding hydrogens is 390 g/mol. The molecule has 1 aliphatic rings. The molecule has 0 unspecified atom stereocenters. The summed E-state index contributed by atoms with van der Waals surface area (Å²) in [6, 6.07) is 5.86. The Morgan fingerprint density at radius 3 is 2.36 bits per heavy atom. The van der Waals surface area contributed by atoms with Gasteiger partial charge in [-0.3, -0.25) is 4.90 Å². The molecule has 0 aromatic heterocycles. The molecule has 128 valence electrons. The first-order chi connectivity index (χ1) is 9.58. The molecule has 1 heterocycles. The van der Waals surface area contributed by atoms with Gasteiger partial charge >= 0.3 is 0 Å². The third kappa shape index (κ3) is 6.32. The summed E-state index contributed by atoms with van der Waals surface area (Å²) >= 11 is 3.31. The van der Waals surface area contributed by atoms with Gasteiger partial charge in [-0.2, -0.15) is 0 Å². The maximum atomic E-state index is 13.4. The lowest BCUT2D eigenvalue weighted by molar-refractivity contribution is 0.159. The third-order valence-electron chi connectivity index (χ3n) is 3.94. The maximum Gasteiger partial charge on any atom is 0.137 e. The van der Waals surface area contributed by atoms with Gasteiger partial charge in [0.25, 0.3) is 0 Å². The van der Waals surface area contributed by atoms with Gasteiger partial charge in [-0.1, -0.05) is 19.9 Å². The maximum absolute atomic E-state index is 13.4. The molecule has 0 bridgehead atoms. The van der Waals surface area contributed by atoms with Gasteiger partial charge in [0.05, 0.1) is 4.47 Å². The van der Waals surface area contributed by atoms with Crippen LogP contribution in [0.25, 0.3) is 0 Å². The van der Waals surface area contributed by atoms with Crippen LogP contribution in [0, 0.1) is 11.7 Å². The Kier molecular flexibility index (Phi) is 10.9. The Hall–Kier alpha value is 0.130. The van der Waals surface area contributed by atoms with E-state index in [0.29, 0.717) is 16.4 Å². The molecular formula is C16H26BrCl2FN2. The minimum atomic E-state index is -0.184. The number of nitrogens with one attached hydrogen (secondary N) is 1. The highest BCUT2D eigenvalue weighted by atomic mass is 79.9. The Labute approximate surface area is 154 Å². The lowest BCUT2D eigenvalue weighted by Gasteiger charge is -2.35. The summed E-state index contributed by atoms with van der Waals surface area (Å²) in [4.78, 5) is 2.53. The fourth-order valence-electron chi connectivity index (χ4n) is 2.76. The van der Waals surface area contributed by atoms with Crippen LogP contribution in [0.1, 0.15) is 38.3 Å². The molecule has 1 N–H and O–H groups in total. The van der Waals surface area contributed by atoms with Gasteiger partial charge in [-0.25, -0.2) is 4.39 Å². The zero-order chi connectivity index (χ0) is 14.5. The molecule has 0 aliphatic carbocycles. The number of halogens is 4. The Balaban J connectivity index is 0.00000220. The van der Waals surface area contributed by atoms with Gasteiger partial charge in [0.15, 0.2) is 0 Å². The Morgan fingerprint density at radius 2 is 1.82 bits per heavy atom. The van der Waals surface area contributed by atoms with Crippen molar-refractivity contribution in [2.75, 3.05) is 26.2 Å². The molecule has 1 fully saturated rings. The van der Waals surface area contributed by atoms with Crippen molar-refractivity contribution < 1.29 is 4.39 Å². The lowest BCUT2D eigenvalue weighted by atomic mass is 9.96. The van der Waals surface area contributed by atoms with Gasteiger partial charge in [-0.15, -0.1) is 24.8 Å². The van der Waals surface area contributed by atoms with Crippen molar-refractivity contribution in [3.8, 4) is 0 Å². The molecule has 1 saturated heterocycles. The molecule has 0 amide bonds. The monoisotopic (exact) mass is 414 g/mol. The van der Waals surface area contributed by atoms with E-state index in [1.807, 2.05) is 12.1 Å². The predicted molar refractivity (Wildman–Crippen MR) is 99.9 cm³/mol. The van der Waals surface area contributed by atoms with Crippen molar-refractivity contribution in [2.24, 2.45) is 5.92 Å². The van der Waals surface area contributed by atoms with E-state index >= 15 is 0 Å². The van der Waals surface area contributed by atoms with Gasteiger partial charge in [0.2, 0.25) is 0 Å². The van der Waals surface area contributed by atoms with E-state index in [4.69, 9.17) is 0 Å². The summed E-state index contributed by atoms with van der Waals surface area (Å²) in [5, 5.41) is 3.40. The summed E-state index contributed by atoms with van der Waals surface area (Å²) in [7, 11) is 0. The average Bonchev–Trinajstić information content (AvgIpc) is 2.44. The average molecular weight is 416 g/mol. The van der Waals surface area contributed by atoms with E-state index in [2.05, 4.69) is 40.0 Å². The predicted octanol–water partition coefficient (Wildman–Crippen LogP) is 4.81. The number of rotatable bonds is 5. The SMILES string of the molecule is CC(C)CC[C@H](c1ccc(F)c(Br)c1)N1CCNCC1.Cl.Cl. The van der Waals surface area contributed by atoms with Crippen LogP contribution in [0.2, 0.25) is 0 Å². The summed E-state index contributed by atoms with van der Waals surface area (Å²) in [5.41, 5.74) is 1.22. The molecule has 6 heteroatoms. The van der Waals surface area contributed by atoms with Crippen LogP contribution in [0.15, 0.2) is 22.7 Å². The second-order valence-electron chi connectivity index (χ2n) is 5.95. The van der Waals surface area contributed by atoms with Crippen molar-refractivity contribution in [1.82, 2.24) is 10.2 Å². The molecule has 22 heavy (non-hydrogen) atoms. The first-order valence-corrected chi connectivity index (χ1v) is 8.27. The van der Waals surface area contributed by atoms with Crippen molar-refractivity contribution in [2.45, 2.75) is 32.7 Å². The molecule has 0 saturated carbocycles. The molecule has 1 aromatic carbocycles. The minimum Gasteiger partial charge on any atom is -0.314 e. The summed E-state index contributed by atoms with van der Waals surface area (Å²) in [6.07, 6.45) is 2.33. The lowest BCUT2D eigenvalue weighted by Crippen LogP contribution is -2.45. The fraction of sp³-hybridized carbons (Fsp3) is 0.625. The normalized spacial score (nSPS) is 16.8. The second kappa shape index (κ2) is 10.8. The number of nitrogens with zero attached hydrogens (tertiary/aromatic N) is 1. The highest BCUT2D eigenvalue weighted by Gasteiger charge is 2.22. The van der Waals surface area contributed by atoms with Crippen LogP contribution in [-0.4, -0.2) is 31.1 Å². The van der Waals surface area contributed by atoms with E-state index < -0.39 is 0 Å². The molecule has 0 radical (unpaired) electrons. The summed E-state index contributed by atoms with van der Waals surface area (Å²) in [6.45, 7) is 8.74. The van der Waals surface area contributed by atoms with Crippen LogP contribution < -0.4 is 5.32 Å². The highest BCUT2D eigenvalue weighted by molar-refractivity contribution is 9.10. The second-order valence-corrected chi connectivity index (χ2v) is 6.80. The smallest absolute Gasteiger partial charge is 0.137 e. The molecule has 1 aromatic rings. The topological polar surface area (TPSA) is 15.3 Å². The van der Waals surface area contributed by atoms with E-state index in [1.165, 1.54) is 12.0 Å². The molecule has 1 atom stereocenters. The van der Waals surface area contributed by atoms with E-state index in [1.54, 1.807) is 6.07 Å². The number of hydrogen-bond acceptors (Lipinski definition) is 2. The van der Waals surface area contributed by atoms with Crippen molar-refractivity contribution in [1.29, 1.82) is 0 Å². The zero-order valence-corrected chi connectivity index (χ0v) is 16.4. The quantitative estimate of drug-likeness (QED) is 0.741. The summed E-state index contributed by atoms with van der Waals surface area (Å²) in [5.74, 6) is 0.515. The van der Waals surface area contributed by atoms with Gasteiger partial charge in [-0.05, 0) is 52.4 Å². The van der Waals surface area contributed by atoms with E-state index in [-0.39, 0.29) is 30.6 Å². The largest absolute Gasteiger partial charge is 0.314 e. The third-order valence-corrected chi connectivity index (χ3v) is 4.55. The molecule has 2 nitrogen and oxygen atoms in total. The number of hydrogen-bond donors (Lipinski definition) is 1. The fourth-order valence-corrected chi connectivity index (χ4v) is 3.16. The van der Waals surface area contributed by atoms with E-state index in [0.717, 1.165) is 32.6 Å².